The number of carbonyl (C=O) groups excluding carboxylic acids is 2. The van der Waals surface area contributed by atoms with Crippen molar-refractivity contribution in [3.05, 3.63) is 82.0 Å². The molecule has 2 aromatic carbocycles. The summed E-state index contributed by atoms with van der Waals surface area (Å²) < 4.78 is 86.3. The number of thiazole rings is 1. The molecule has 2 aromatic heterocycles. The summed E-state index contributed by atoms with van der Waals surface area (Å²) in [6.07, 6.45) is -7.89. The van der Waals surface area contributed by atoms with Crippen molar-refractivity contribution in [1.82, 2.24) is 19.8 Å². The molecule has 0 saturated carbocycles. The van der Waals surface area contributed by atoms with Crippen LogP contribution in [0.1, 0.15) is 39.2 Å². The van der Waals surface area contributed by atoms with Crippen LogP contribution in [0.3, 0.4) is 0 Å². The summed E-state index contributed by atoms with van der Waals surface area (Å²) in [7, 11) is 1.49. The van der Waals surface area contributed by atoms with Gasteiger partial charge in [-0.3, -0.25) is 14.5 Å². The lowest BCUT2D eigenvalue weighted by atomic mass is 9.98. The van der Waals surface area contributed by atoms with Crippen LogP contribution in [0, 0.1) is 0 Å². The molecule has 5 rings (SSSR count). The number of alkyl halides is 6. The van der Waals surface area contributed by atoms with Crippen LogP contribution < -0.4 is 5.32 Å². The molecule has 1 aliphatic rings. The molecular formula is C30H30ClF6N5O3S. The molecule has 4 aromatic rings. The number of hydrogen-bond donors (Lipinski definition) is 2. The Kier molecular flexibility index (Phi) is 11.0. The van der Waals surface area contributed by atoms with Crippen LogP contribution in [0.2, 0.25) is 0 Å². The van der Waals surface area contributed by atoms with Gasteiger partial charge in [-0.2, -0.15) is 26.3 Å². The molecule has 0 unspecified atom stereocenters. The number of nitrogens with one attached hydrogen (secondary N) is 2. The van der Waals surface area contributed by atoms with Crippen LogP contribution in [0.5, 0.6) is 0 Å². The van der Waals surface area contributed by atoms with Crippen LogP contribution in [0.25, 0.3) is 10.9 Å². The second-order valence-corrected chi connectivity index (χ2v) is 11.5. The van der Waals surface area contributed by atoms with Crippen molar-refractivity contribution in [2.24, 2.45) is 0 Å². The molecule has 16 heteroatoms. The summed E-state index contributed by atoms with van der Waals surface area (Å²) in [6.45, 7) is 1.27. The van der Waals surface area contributed by atoms with E-state index in [4.69, 9.17) is 4.74 Å². The standard InChI is InChI=1S/C30H29F6N5O3S.ClH/c1-44-9-6-26(42)39-28-38-22(17-45-28)15-40-7-8-41(23(16-40)12-19-14-37-25-5-3-2-4-24(19)25)27(43)18-10-20(29(31,32)33)13-21(11-18)30(34,35)36;/h2-5,10-11,13-14,17,23,37H,6-9,12,15-16H2,1H3,(H,38,39,42);1H/t23-;/m1./s1. The molecule has 8 nitrogen and oxygen atoms in total. The highest BCUT2D eigenvalue weighted by Gasteiger charge is 2.39. The Morgan fingerprint density at radius 1 is 1.07 bits per heavy atom. The van der Waals surface area contributed by atoms with E-state index in [1.54, 1.807) is 11.6 Å². The fourth-order valence-electron chi connectivity index (χ4n) is 5.35. The monoisotopic (exact) mass is 689 g/mol. The molecule has 1 fully saturated rings. The molecule has 0 spiro atoms. The van der Waals surface area contributed by atoms with Crippen molar-refractivity contribution < 1.29 is 40.7 Å². The minimum atomic E-state index is -5.08. The highest BCUT2D eigenvalue weighted by atomic mass is 35.5. The van der Waals surface area contributed by atoms with Crippen molar-refractivity contribution in [1.29, 1.82) is 0 Å². The van der Waals surface area contributed by atoms with Gasteiger partial charge in [0.1, 0.15) is 0 Å². The van der Waals surface area contributed by atoms with E-state index >= 15 is 0 Å². The zero-order valence-corrected chi connectivity index (χ0v) is 26.0. The van der Waals surface area contributed by atoms with E-state index in [0.29, 0.717) is 42.5 Å². The minimum absolute atomic E-state index is 0. The SMILES string of the molecule is COCCC(=O)Nc1nc(CN2CCN(C(=O)c3cc(C(F)(F)F)cc(C(F)(F)F)c3)[C@H](Cc3c[nH]c4ccccc34)C2)cs1.Cl. The van der Waals surface area contributed by atoms with E-state index < -0.39 is 41.0 Å². The number of amides is 2. The average Bonchev–Trinajstić information content (AvgIpc) is 3.61. The van der Waals surface area contributed by atoms with Gasteiger partial charge in [-0.05, 0) is 36.2 Å². The van der Waals surface area contributed by atoms with Gasteiger partial charge in [0.2, 0.25) is 5.91 Å². The smallest absolute Gasteiger partial charge is 0.384 e. The molecule has 1 saturated heterocycles. The number of nitrogens with zero attached hydrogens (tertiary/aromatic N) is 3. The van der Waals surface area contributed by atoms with E-state index in [2.05, 4.69) is 15.3 Å². The predicted octanol–water partition coefficient (Wildman–Crippen LogP) is 6.63. The van der Waals surface area contributed by atoms with Gasteiger partial charge in [-0.25, -0.2) is 4.98 Å². The zero-order valence-electron chi connectivity index (χ0n) is 24.4. The Morgan fingerprint density at radius 3 is 2.43 bits per heavy atom. The fourth-order valence-corrected chi connectivity index (χ4v) is 6.06. The van der Waals surface area contributed by atoms with E-state index in [-0.39, 0.29) is 50.5 Å². The first kappa shape index (κ1) is 35.2. The number of methoxy groups -OCH3 is 1. The van der Waals surface area contributed by atoms with E-state index in [9.17, 15) is 35.9 Å². The van der Waals surface area contributed by atoms with E-state index in [0.717, 1.165) is 16.5 Å². The number of H-pyrrole nitrogens is 1. The maximum absolute atomic E-state index is 13.7. The van der Waals surface area contributed by atoms with Crippen molar-refractivity contribution in [2.45, 2.75) is 37.8 Å². The predicted molar refractivity (Wildman–Crippen MR) is 163 cm³/mol. The Balaban J connectivity index is 0.00000480. The third-order valence-corrected chi connectivity index (χ3v) is 8.32. The van der Waals surface area contributed by atoms with Gasteiger partial charge >= 0.3 is 12.4 Å². The zero-order chi connectivity index (χ0) is 32.4. The maximum Gasteiger partial charge on any atom is 0.416 e. The Morgan fingerprint density at radius 2 is 1.76 bits per heavy atom. The molecule has 0 radical (unpaired) electrons. The normalized spacial score (nSPS) is 16.0. The van der Waals surface area contributed by atoms with Gasteiger partial charge in [-0.15, -0.1) is 23.7 Å². The molecule has 1 aliphatic heterocycles. The van der Waals surface area contributed by atoms with Crippen LogP contribution in [0.4, 0.5) is 31.5 Å². The number of aromatic amines is 1. The highest BCUT2D eigenvalue weighted by Crippen LogP contribution is 2.37. The highest BCUT2D eigenvalue weighted by molar-refractivity contribution is 7.13. The number of para-hydroxylation sites is 1. The fraction of sp³-hybridized carbons (Fsp3) is 0.367. The molecule has 0 bridgehead atoms. The number of ether oxygens (including phenoxy) is 1. The third kappa shape index (κ3) is 8.37. The van der Waals surface area contributed by atoms with Gasteiger partial charge < -0.3 is 19.9 Å². The first-order chi connectivity index (χ1) is 21.3. The molecule has 2 N–H and O–H groups in total. The first-order valence-electron chi connectivity index (χ1n) is 13.9. The number of fused-ring (bicyclic) bond motifs is 1. The average molecular weight is 690 g/mol. The number of halogens is 7. The number of anilines is 1. The van der Waals surface area contributed by atoms with Gasteiger partial charge in [-0.1, -0.05) is 18.2 Å². The lowest BCUT2D eigenvalue weighted by Crippen LogP contribution is -2.55. The van der Waals surface area contributed by atoms with Crippen molar-refractivity contribution in [3.8, 4) is 0 Å². The van der Waals surface area contributed by atoms with E-state index in [1.165, 1.54) is 23.3 Å². The third-order valence-electron chi connectivity index (χ3n) is 7.51. The number of rotatable bonds is 9. The van der Waals surface area contributed by atoms with Crippen molar-refractivity contribution in [2.75, 3.05) is 38.7 Å². The summed E-state index contributed by atoms with van der Waals surface area (Å²) in [5.74, 6) is -1.15. The minimum Gasteiger partial charge on any atom is -0.384 e. The molecule has 3 heterocycles. The summed E-state index contributed by atoms with van der Waals surface area (Å²) in [5.41, 5.74) is -1.39. The van der Waals surface area contributed by atoms with Crippen LogP contribution >= 0.6 is 23.7 Å². The summed E-state index contributed by atoms with van der Waals surface area (Å²) >= 11 is 1.25. The van der Waals surface area contributed by atoms with Crippen LogP contribution in [-0.4, -0.2) is 71.0 Å². The number of aromatic nitrogens is 2. The second kappa shape index (κ2) is 14.4. The molecule has 46 heavy (non-hydrogen) atoms. The lowest BCUT2D eigenvalue weighted by molar-refractivity contribution is -0.143. The number of hydrogen-bond acceptors (Lipinski definition) is 6. The number of piperazine rings is 1. The largest absolute Gasteiger partial charge is 0.416 e. The molecular weight excluding hydrogens is 660 g/mol. The van der Waals surface area contributed by atoms with Gasteiger partial charge in [0.15, 0.2) is 5.13 Å². The summed E-state index contributed by atoms with van der Waals surface area (Å²) in [4.78, 5) is 36.7. The number of benzene rings is 2. The van der Waals surface area contributed by atoms with Crippen molar-refractivity contribution in [3.63, 3.8) is 0 Å². The quantitative estimate of drug-likeness (QED) is 0.193. The Labute approximate surface area is 270 Å². The number of carbonyl (C=O) groups is 2. The summed E-state index contributed by atoms with van der Waals surface area (Å²) in [6, 6.07) is 7.87. The molecule has 248 valence electrons. The van der Waals surface area contributed by atoms with Gasteiger partial charge in [0, 0.05) is 67.4 Å². The topological polar surface area (TPSA) is 90.6 Å². The lowest BCUT2D eigenvalue weighted by Gasteiger charge is -2.41. The summed E-state index contributed by atoms with van der Waals surface area (Å²) in [5, 5.41) is 5.82. The molecule has 0 aliphatic carbocycles. The van der Waals surface area contributed by atoms with Gasteiger partial charge in [0.25, 0.3) is 5.91 Å². The first-order valence-corrected chi connectivity index (χ1v) is 14.8. The van der Waals surface area contributed by atoms with Crippen molar-refractivity contribution >= 4 is 51.6 Å². The van der Waals surface area contributed by atoms with Gasteiger partial charge in [0.05, 0.1) is 29.8 Å². The van der Waals surface area contributed by atoms with Crippen LogP contribution in [0.15, 0.2) is 54.0 Å². The van der Waals surface area contributed by atoms with E-state index in [1.807, 2.05) is 29.2 Å². The molecule has 2 amide bonds. The maximum atomic E-state index is 13.7. The Hall–Kier alpha value is -3.66. The Bertz CT molecular complexity index is 1640. The second-order valence-electron chi connectivity index (χ2n) is 10.7. The molecule has 1 atom stereocenters. The van der Waals surface area contributed by atoms with Crippen LogP contribution in [-0.2, 0) is 34.8 Å².